The highest BCUT2D eigenvalue weighted by molar-refractivity contribution is 5.75. The van der Waals surface area contributed by atoms with E-state index in [1.807, 2.05) is 31.5 Å². The second-order valence-corrected chi connectivity index (χ2v) is 5.69. The summed E-state index contributed by atoms with van der Waals surface area (Å²) in [5, 5.41) is 3.38. The molecule has 2 heterocycles. The van der Waals surface area contributed by atoms with Gasteiger partial charge >= 0.3 is 0 Å². The fraction of sp³-hybridized carbons (Fsp3) is 0.353. The summed E-state index contributed by atoms with van der Waals surface area (Å²) in [6.07, 6.45) is 1.89. The molecule has 0 fully saturated rings. The van der Waals surface area contributed by atoms with Crippen LogP contribution in [0.2, 0.25) is 0 Å². The first-order chi connectivity index (χ1) is 10.1. The first kappa shape index (κ1) is 13.9. The maximum Gasteiger partial charge on any atom is 0.118 e. The van der Waals surface area contributed by atoms with Crippen LogP contribution in [-0.4, -0.2) is 15.6 Å². The highest BCUT2D eigenvalue weighted by atomic mass is 16.3. The first-order valence-electron chi connectivity index (χ1n) is 7.35. The molecule has 0 unspecified atom stereocenters. The predicted molar refractivity (Wildman–Crippen MR) is 84.3 cm³/mol. The number of rotatable bonds is 5. The molecule has 21 heavy (non-hydrogen) atoms. The Labute approximate surface area is 124 Å². The fourth-order valence-electron chi connectivity index (χ4n) is 2.46. The van der Waals surface area contributed by atoms with E-state index in [2.05, 4.69) is 40.8 Å². The van der Waals surface area contributed by atoms with Crippen LogP contribution in [0, 0.1) is 6.92 Å². The Morgan fingerprint density at radius 2 is 2.10 bits per heavy atom. The molecular formula is C17H21N3O. The lowest BCUT2D eigenvalue weighted by Crippen LogP contribution is -2.21. The molecule has 1 N–H and O–H groups in total. The number of benzene rings is 1. The van der Waals surface area contributed by atoms with Crippen LogP contribution in [-0.2, 0) is 13.1 Å². The summed E-state index contributed by atoms with van der Waals surface area (Å²) >= 11 is 0. The van der Waals surface area contributed by atoms with Crippen molar-refractivity contribution in [2.75, 3.05) is 0 Å². The molecule has 4 nitrogen and oxygen atoms in total. The Hall–Kier alpha value is -2.07. The van der Waals surface area contributed by atoms with E-state index in [0.29, 0.717) is 6.04 Å². The highest BCUT2D eigenvalue weighted by Crippen LogP contribution is 2.19. The molecule has 0 amide bonds. The van der Waals surface area contributed by atoms with Crippen LogP contribution in [0.25, 0.3) is 11.0 Å². The summed E-state index contributed by atoms with van der Waals surface area (Å²) in [7, 11) is 0. The van der Waals surface area contributed by atoms with Crippen molar-refractivity contribution in [1.29, 1.82) is 0 Å². The molecule has 0 aliphatic carbocycles. The SMILES string of the molecule is Cc1oc(CNC(C)C)cc1Cn1cnc2ccccc21. The summed E-state index contributed by atoms with van der Waals surface area (Å²) < 4.78 is 7.99. The standard InChI is InChI=1S/C17H21N3O/c1-12(2)18-9-15-8-14(13(3)21-15)10-20-11-19-16-6-4-5-7-17(16)20/h4-8,11-12,18H,9-10H2,1-3H3. The van der Waals surface area contributed by atoms with Crippen LogP contribution in [0.15, 0.2) is 41.1 Å². The topological polar surface area (TPSA) is 43.0 Å². The van der Waals surface area contributed by atoms with Crippen LogP contribution in [0.1, 0.15) is 30.9 Å². The van der Waals surface area contributed by atoms with Crippen molar-refractivity contribution >= 4 is 11.0 Å². The number of aryl methyl sites for hydroxylation is 1. The van der Waals surface area contributed by atoms with Crippen LogP contribution in [0.4, 0.5) is 0 Å². The van der Waals surface area contributed by atoms with E-state index in [4.69, 9.17) is 4.42 Å². The third kappa shape index (κ3) is 3.00. The Balaban J connectivity index is 1.81. The molecule has 2 aromatic heterocycles. The van der Waals surface area contributed by atoms with Gasteiger partial charge in [0.15, 0.2) is 0 Å². The summed E-state index contributed by atoms with van der Waals surface area (Å²) in [6, 6.07) is 10.8. The van der Waals surface area contributed by atoms with Crippen molar-refractivity contribution < 1.29 is 4.42 Å². The van der Waals surface area contributed by atoms with Gasteiger partial charge in [0.25, 0.3) is 0 Å². The number of nitrogens with one attached hydrogen (secondary N) is 1. The lowest BCUT2D eigenvalue weighted by molar-refractivity contribution is 0.446. The molecule has 1 aromatic carbocycles. The van der Waals surface area contributed by atoms with Gasteiger partial charge < -0.3 is 14.3 Å². The van der Waals surface area contributed by atoms with Gasteiger partial charge in [0, 0.05) is 11.6 Å². The quantitative estimate of drug-likeness (QED) is 0.779. The van der Waals surface area contributed by atoms with E-state index in [0.717, 1.165) is 35.6 Å². The third-order valence-electron chi connectivity index (χ3n) is 3.62. The number of furan rings is 1. The average Bonchev–Trinajstić information content (AvgIpc) is 3.02. The Morgan fingerprint density at radius 3 is 2.90 bits per heavy atom. The van der Waals surface area contributed by atoms with Gasteiger partial charge in [-0.15, -0.1) is 0 Å². The number of fused-ring (bicyclic) bond motifs is 1. The predicted octanol–water partition coefficient (Wildman–Crippen LogP) is 3.48. The van der Waals surface area contributed by atoms with E-state index in [9.17, 15) is 0 Å². The van der Waals surface area contributed by atoms with Crippen LogP contribution >= 0.6 is 0 Å². The lowest BCUT2D eigenvalue weighted by Gasteiger charge is -2.04. The summed E-state index contributed by atoms with van der Waals surface area (Å²) in [6.45, 7) is 7.84. The van der Waals surface area contributed by atoms with E-state index in [1.54, 1.807) is 0 Å². The summed E-state index contributed by atoms with van der Waals surface area (Å²) in [4.78, 5) is 4.43. The number of hydrogen-bond acceptors (Lipinski definition) is 3. The Kier molecular flexibility index (Phi) is 3.80. The highest BCUT2D eigenvalue weighted by Gasteiger charge is 2.10. The molecule has 110 valence electrons. The van der Waals surface area contributed by atoms with Crippen molar-refractivity contribution in [2.24, 2.45) is 0 Å². The molecule has 0 bridgehead atoms. The van der Waals surface area contributed by atoms with Crippen LogP contribution < -0.4 is 5.32 Å². The number of para-hydroxylation sites is 2. The van der Waals surface area contributed by atoms with Gasteiger partial charge in [0.05, 0.1) is 30.5 Å². The number of imidazole rings is 1. The molecule has 0 saturated carbocycles. The second kappa shape index (κ2) is 5.74. The van der Waals surface area contributed by atoms with Crippen molar-refractivity contribution in [2.45, 2.75) is 39.9 Å². The molecule has 3 aromatic rings. The fourth-order valence-corrected chi connectivity index (χ4v) is 2.46. The number of hydrogen-bond donors (Lipinski definition) is 1. The van der Waals surface area contributed by atoms with Crippen molar-refractivity contribution in [3.05, 3.63) is 53.7 Å². The largest absolute Gasteiger partial charge is 0.465 e. The average molecular weight is 283 g/mol. The van der Waals surface area contributed by atoms with Gasteiger partial charge in [0.1, 0.15) is 11.5 Å². The van der Waals surface area contributed by atoms with Gasteiger partial charge in [-0.05, 0) is 25.1 Å². The molecular weight excluding hydrogens is 262 g/mol. The molecule has 4 heteroatoms. The maximum atomic E-state index is 5.83. The smallest absolute Gasteiger partial charge is 0.118 e. The van der Waals surface area contributed by atoms with Gasteiger partial charge in [-0.25, -0.2) is 4.98 Å². The molecule has 3 rings (SSSR count). The molecule has 0 atom stereocenters. The van der Waals surface area contributed by atoms with Gasteiger partial charge in [-0.3, -0.25) is 0 Å². The van der Waals surface area contributed by atoms with Gasteiger partial charge in [-0.2, -0.15) is 0 Å². The molecule has 0 radical (unpaired) electrons. The van der Waals surface area contributed by atoms with E-state index in [-0.39, 0.29) is 0 Å². The minimum atomic E-state index is 0.455. The van der Waals surface area contributed by atoms with E-state index in [1.165, 1.54) is 5.56 Å². The van der Waals surface area contributed by atoms with Crippen molar-refractivity contribution in [3.8, 4) is 0 Å². The number of nitrogens with zero attached hydrogens (tertiary/aromatic N) is 2. The van der Waals surface area contributed by atoms with E-state index >= 15 is 0 Å². The van der Waals surface area contributed by atoms with Crippen molar-refractivity contribution in [1.82, 2.24) is 14.9 Å². The zero-order valence-corrected chi connectivity index (χ0v) is 12.8. The maximum absolute atomic E-state index is 5.83. The van der Waals surface area contributed by atoms with Crippen LogP contribution in [0.5, 0.6) is 0 Å². The molecule has 0 saturated heterocycles. The zero-order chi connectivity index (χ0) is 14.8. The number of aromatic nitrogens is 2. The van der Waals surface area contributed by atoms with Gasteiger partial charge in [0.2, 0.25) is 0 Å². The molecule has 0 aliphatic heterocycles. The molecule has 0 spiro atoms. The van der Waals surface area contributed by atoms with Crippen molar-refractivity contribution in [3.63, 3.8) is 0 Å². The summed E-state index contributed by atoms with van der Waals surface area (Å²) in [5.74, 6) is 1.97. The first-order valence-corrected chi connectivity index (χ1v) is 7.35. The van der Waals surface area contributed by atoms with Crippen LogP contribution in [0.3, 0.4) is 0 Å². The monoisotopic (exact) mass is 283 g/mol. The van der Waals surface area contributed by atoms with Gasteiger partial charge in [-0.1, -0.05) is 26.0 Å². The Bertz CT molecular complexity index is 739. The minimum Gasteiger partial charge on any atom is -0.465 e. The van der Waals surface area contributed by atoms with E-state index < -0.39 is 0 Å². The Morgan fingerprint density at radius 1 is 1.29 bits per heavy atom. The summed E-state index contributed by atoms with van der Waals surface area (Å²) in [5.41, 5.74) is 3.39. The molecule has 0 aliphatic rings. The lowest BCUT2D eigenvalue weighted by atomic mass is 10.2. The zero-order valence-electron chi connectivity index (χ0n) is 12.8. The second-order valence-electron chi connectivity index (χ2n) is 5.69. The normalized spacial score (nSPS) is 11.6. The minimum absolute atomic E-state index is 0.455. The third-order valence-corrected chi connectivity index (χ3v) is 3.62.